The van der Waals surface area contributed by atoms with Crippen LogP contribution in [0.4, 0.5) is 0 Å². The first-order valence-electron chi connectivity index (χ1n) is 7.36. The van der Waals surface area contributed by atoms with Crippen molar-refractivity contribution >= 4 is 5.97 Å². The lowest BCUT2D eigenvalue weighted by Crippen LogP contribution is -2.36. The molecule has 4 heteroatoms. The summed E-state index contributed by atoms with van der Waals surface area (Å²) in [5.74, 6) is 1.76. The van der Waals surface area contributed by atoms with Gasteiger partial charge in [-0.15, -0.1) is 0 Å². The molecule has 0 N–H and O–H groups in total. The maximum atomic E-state index is 12.2. The molecule has 0 bridgehead atoms. The summed E-state index contributed by atoms with van der Waals surface area (Å²) in [4.78, 5) is 14.3. The van der Waals surface area contributed by atoms with Gasteiger partial charge in [0, 0.05) is 6.42 Å². The first kappa shape index (κ1) is 15.1. The summed E-state index contributed by atoms with van der Waals surface area (Å²) in [6.07, 6.45) is 5.88. The Bertz CT molecular complexity index is 444. The molecule has 0 saturated heterocycles. The van der Waals surface area contributed by atoms with Crippen molar-refractivity contribution < 1.29 is 13.9 Å². The van der Waals surface area contributed by atoms with E-state index in [4.69, 9.17) is 9.15 Å². The molecule has 112 valence electrons. The van der Waals surface area contributed by atoms with E-state index in [1.54, 1.807) is 0 Å². The number of hydrogen-bond acceptors (Lipinski definition) is 4. The van der Waals surface area contributed by atoms with Crippen molar-refractivity contribution in [1.29, 1.82) is 0 Å². The first-order chi connectivity index (χ1) is 9.55. The molecule has 0 aromatic carbocycles. The van der Waals surface area contributed by atoms with E-state index in [1.807, 2.05) is 26.2 Å². The largest absolute Gasteiger partial charge is 0.469 e. The average Bonchev–Trinajstić information content (AvgIpc) is 2.85. The normalized spacial score (nSPS) is 18.2. The zero-order valence-electron chi connectivity index (χ0n) is 12.8. The van der Waals surface area contributed by atoms with Gasteiger partial charge in [-0.25, -0.2) is 0 Å². The molecule has 1 heterocycles. The van der Waals surface area contributed by atoms with Crippen LogP contribution in [0.3, 0.4) is 0 Å². The fourth-order valence-corrected chi connectivity index (χ4v) is 3.15. The Hall–Kier alpha value is -1.29. The average molecular weight is 279 g/mol. The summed E-state index contributed by atoms with van der Waals surface area (Å²) in [6, 6.07) is 4.00. The third kappa shape index (κ3) is 3.42. The number of hydrogen-bond donors (Lipinski definition) is 0. The molecule has 4 nitrogen and oxygen atoms in total. The van der Waals surface area contributed by atoms with Crippen LogP contribution in [0.5, 0.6) is 0 Å². The van der Waals surface area contributed by atoms with Crippen LogP contribution in [0.2, 0.25) is 0 Å². The molecule has 0 atom stereocenters. The second kappa shape index (κ2) is 6.44. The molecular formula is C16H25NO3. The highest BCUT2D eigenvalue weighted by Gasteiger charge is 2.41. The summed E-state index contributed by atoms with van der Waals surface area (Å²) in [5, 5.41) is 0. The second-order valence-electron chi connectivity index (χ2n) is 6.12. The van der Waals surface area contributed by atoms with Gasteiger partial charge in [-0.1, -0.05) is 19.3 Å². The van der Waals surface area contributed by atoms with Gasteiger partial charge in [0.2, 0.25) is 0 Å². The molecule has 0 spiro atoms. The van der Waals surface area contributed by atoms with Gasteiger partial charge in [-0.3, -0.25) is 4.79 Å². The van der Waals surface area contributed by atoms with Crippen molar-refractivity contribution in [2.75, 3.05) is 21.2 Å². The minimum absolute atomic E-state index is 0.0808. The van der Waals surface area contributed by atoms with Crippen LogP contribution >= 0.6 is 0 Å². The summed E-state index contributed by atoms with van der Waals surface area (Å²) in [7, 11) is 5.51. The predicted molar refractivity (Wildman–Crippen MR) is 77.3 cm³/mol. The Labute approximate surface area is 121 Å². The molecule has 20 heavy (non-hydrogen) atoms. The van der Waals surface area contributed by atoms with E-state index < -0.39 is 0 Å². The number of rotatable bonds is 5. The predicted octanol–water partition coefficient (Wildman–Crippen LogP) is 3.01. The Morgan fingerprint density at radius 2 is 1.90 bits per heavy atom. The molecule has 1 fully saturated rings. The summed E-state index contributed by atoms with van der Waals surface area (Å²) in [6.45, 7) is 0.783. The number of carbonyl (C=O) groups excluding carboxylic acids is 1. The van der Waals surface area contributed by atoms with Gasteiger partial charge >= 0.3 is 5.97 Å². The SMILES string of the molecule is COC(=O)C1(Cc2ccc(CN(C)C)o2)CCCCC1. The van der Waals surface area contributed by atoms with Crippen molar-refractivity contribution in [2.24, 2.45) is 5.41 Å². The third-order valence-electron chi connectivity index (χ3n) is 4.13. The molecule has 0 unspecified atom stereocenters. The van der Waals surface area contributed by atoms with Crippen LogP contribution in [-0.2, 0) is 22.5 Å². The molecule has 1 aromatic heterocycles. The Balaban J connectivity index is 2.11. The van der Waals surface area contributed by atoms with Gasteiger partial charge in [-0.2, -0.15) is 0 Å². The van der Waals surface area contributed by atoms with Gasteiger partial charge in [0.05, 0.1) is 19.1 Å². The monoisotopic (exact) mass is 279 g/mol. The minimum Gasteiger partial charge on any atom is -0.469 e. The Kier molecular flexibility index (Phi) is 4.86. The van der Waals surface area contributed by atoms with Crippen molar-refractivity contribution in [2.45, 2.75) is 45.1 Å². The van der Waals surface area contributed by atoms with Crippen LogP contribution < -0.4 is 0 Å². The molecule has 1 aliphatic rings. The van der Waals surface area contributed by atoms with Gasteiger partial charge in [0.1, 0.15) is 11.5 Å². The zero-order chi connectivity index (χ0) is 14.6. The summed E-state index contributed by atoms with van der Waals surface area (Å²) < 4.78 is 10.9. The molecule has 1 saturated carbocycles. The van der Waals surface area contributed by atoms with Crippen LogP contribution in [0.25, 0.3) is 0 Å². The van der Waals surface area contributed by atoms with Crippen molar-refractivity contribution in [3.63, 3.8) is 0 Å². The lowest BCUT2D eigenvalue weighted by molar-refractivity contribution is -0.155. The fraction of sp³-hybridized carbons (Fsp3) is 0.688. The molecular weight excluding hydrogens is 254 g/mol. The summed E-state index contributed by atoms with van der Waals surface area (Å²) >= 11 is 0. The number of methoxy groups -OCH3 is 1. The van der Waals surface area contributed by atoms with Crippen molar-refractivity contribution in [3.8, 4) is 0 Å². The van der Waals surface area contributed by atoms with Crippen LogP contribution in [-0.4, -0.2) is 32.1 Å². The van der Waals surface area contributed by atoms with Crippen LogP contribution in [0.15, 0.2) is 16.5 Å². The first-order valence-corrected chi connectivity index (χ1v) is 7.36. The van der Waals surface area contributed by atoms with Crippen LogP contribution in [0, 0.1) is 5.41 Å². The standard InChI is InChI=1S/C16H25NO3/c1-17(2)12-14-8-7-13(20-14)11-16(15(18)19-3)9-5-4-6-10-16/h7-8H,4-6,9-12H2,1-3H3. The molecule has 1 aliphatic carbocycles. The van der Waals surface area contributed by atoms with Crippen molar-refractivity contribution in [3.05, 3.63) is 23.7 Å². The zero-order valence-corrected chi connectivity index (χ0v) is 12.8. The second-order valence-corrected chi connectivity index (χ2v) is 6.12. The Morgan fingerprint density at radius 1 is 1.25 bits per heavy atom. The highest BCUT2D eigenvalue weighted by molar-refractivity contribution is 5.77. The molecule has 0 amide bonds. The molecule has 0 radical (unpaired) electrons. The maximum absolute atomic E-state index is 12.2. The van der Waals surface area contributed by atoms with E-state index in [0.717, 1.165) is 43.7 Å². The maximum Gasteiger partial charge on any atom is 0.312 e. The molecule has 0 aliphatic heterocycles. The number of carbonyl (C=O) groups is 1. The van der Waals surface area contributed by atoms with Gasteiger partial charge in [0.15, 0.2) is 0 Å². The molecule has 2 rings (SSSR count). The highest BCUT2D eigenvalue weighted by atomic mass is 16.5. The lowest BCUT2D eigenvalue weighted by Gasteiger charge is -2.33. The number of furan rings is 1. The van der Waals surface area contributed by atoms with Gasteiger partial charge in [-0.05, 0) is 39.1 Å². The van der Waals surface area contributed by atoms with E-state index in [1.165, 1.54) is 13.5 Å². The number of ether oxygens (including phenoxy) is 1. The lowest BCUT2D eigenvalue weighted by atomic mass is 9.71. The van der Waals surface area contributed by atoms with E-state index in [-0.39, 0.29) is 11.4 Å². The van der Waals surface area contributed by atoms with E-state index >= 15 is 0 Å². The number of nitrogens with zero attached hydrogens (tertiary/aromatic N) is 1. The van der Waals surface area contributed by atoms with E-state index in [2.05, 4.69) is 4.90 Å². The van der Waals surface area contributed by atoms with Crippen LogP contribution in [0.1, 0.15) is 43.6 Å². The quantitative estimate of drug-likeness (QED) is 0.777. The smallest absolute Gasteiger partial charge is 0.312 e. The minimum atomic E-state index is -0.375. The van der Waals surface area contributed by atoms with E-state index in [0.29, 0.717) is 6.42 Å². The summed E-state index contributed by atoms with van der Waals surface area (Å²) in [5.41, 5.74) is -0.375. The fourth-order valence-electron chi connectivity index (χ4n) is 3.15. The number of esters is 1. The van der Waals surface area contributed by atoms with Gasteiger partial charge in [0.25, 0.3) is 0 Å². The topological polar surface area (TPSA) is 42.7 Å². The molecule has 1 aromatic rings. The van der Waals surface area contributed by atoms with Crippen molar-refractivity contribution in [1.82, 2.24) is 4.90 Å². The highest BCUT2D eigenvalue weighted by Crippen LogP contribution is 2.40. The third-order valence-corrected chi connectivity index (χ3v) is 4.13. The van der Waals surface area contributed by atoms with E-state index in [9.17, 15) is 4.79 Å². The Morgan fingerprint density at radius 3 is 2.50 bits per heavy atom. The van der Waals surface area contributed by atoms with Gasteiger partial charge < -0.3 is 14.1 Å².